The van der Waals surface area contributed by atoms with Gasteiger partial charge in [0.25, 0.3) is 0 Å². The summed E-state index contributed by atoms with van der Waals surface area (Å²) in [6.45, 7) is 2.07. The number of carbonyl (C=O) groups excluding carboxylic acids is 1. The van der Waals surface area contributed by atoms with Crippen molar-refractivity contribution in [2.75, 3.05) is 5.32 Å². The number of thiocarbonyl (C=S) groups is 1. The molecule has 6 nitrogen and oxygen atoms in total. The molecule has 2 rings (SSSR count). The zero-order valence-electron chi connectivity index (χ0n) is 14.2. The van der Waals surface area contributed by atoms with Crippen LogP contribution < -0.4 is 10.6 Å². The Morgan fingerprint density at radius 2 is 2.00 bits per heavy atom. The van der Waals surface area contributed by atoms with Crippen LogP contribution in [0, 0.1) is 0 Å². The molecule has 0 unspecified atom stereocenters. The number of carboxylic acids is 1. The first-order chi connectivity index (χ1) is 12.4. The lowest BCUT2D eigenvalue weighted by molar-refractivity contribution is -0.119. The minimum absolute atomic E-state index is 0.149. The number of carbonyl (C=O) groups is 2. The first kappa shape index (κ1) is 19.9. The minimum atomic E-state index is -1.14. The van der Waals surface area contributed by atoms with E-state index in [0.717, 1.165) is 19.3 Å². The van der Waals surface area contributed by atoms with E-state index in [1.165, 1.54) is 6.07 Å². The molecule has 1 aromatic heterocycles. The van der Waals surface area contributed by atoms with Crippen LogP contribution in [0.2, 0.25) is 5.02 Å². The number of furan rings is 1. The average Bonchev–Trinajstić information content (AvgIpc) is 3.07. The minimum Gasteiger partial charge on any atom is -0.475 e. The van der Waals surface area contributed by atoms with E-state index < -0.39 is 5.97 Å². The summed E-state index contributed by atoms with van der Waals surface area (Å²) in [7, 11) is 0. The first-order valence-electron chi connectivity index (χ1n) is 8.14. The van der Waals surface area contributed by atoms with Gasteiger partial charge in [-0.25, -0.2) is 4.79 Å². The number of carboxylic acid groups (broad SMARTS) is 1. The lowest BCUT2D eigenvalue weighted by Gasteiger charge is -2.12. The highest BCUT2D eigenvalue weighted by Crippen LogP contribution is 2.30. The number of unbranched alkanes of at least 4 members (excludes halogenated alkanes) is 2. The van der Waals surface area contributed by atoms with Crippen LogP contribution in [0.25, 0.3) is 11.3 Å². The number of halogens is 1. The van der Waals surface area contributed by atoms with Crippen LogP contribution in [0.15, 0.2) is 34.7 Å². The van der Waals surface area contributed by atoms with Crippen molar-refractivity contribution >= 4 is 46.5 Å². The lowest BCUT2D eigenvalue weighted by Crippen LogP contribution is -2.34. The van der Waals surface area contributed by atoms with Crippen molar-refractivity contribution in [1.29, 1.82) is 0 Å². The van der Waals surface area contributed by atoms with Crippen molar-refractivity contribution in [2.24, 2.45) is 0 Å². The summed E-state index contributed by atoms with van der Waals surface area (Å²) in [6.07, 6.45) is 3.25. The van der Waals surface area contributed by atoms with E-state index in [4.69, 9.17) is 33.3 Å². The second-order valence-corrected chi connectivity index (χ2v) is 6.44. The standard InChI is InChI=1S/C18H19ClN2O4S/c1-2-3-4-5-16(22)21-18(26)20-13-10-11(6-7-12(13)19)14-8-9-15(25-14)17(23)24/h6-10H,2-5H2,1H3,(H,23,24)(H2,20,21,22,26). The maximum absolute atomic E-state index is 11.8. The molecule has 0 aliphatic rings. The van der Waals surface area contributed by atoms with Crippen LogP contribution in [0.5, 0.6) is 0 Å². The molecule has 0 fully saturated rings. The van der Waals surface area contributed by atoms with Crippen molar-refractivity contribution in [3.63, 3.8) is 0 Å². The van der Waals surface area contributed by atoms with Gasteiger partial charge in [-0.05, 0) is 49.0 Å². The fraction of sp³-hybridized carbons (Fsp3) is 0.278. The number of hydrogen-bond donors (Lipinski definition) is 3. The summed E-state index contributed by atoms with van der Waals surface area (Å²) >= 11 is 11.3. The van der Waals surface area contributed by atoms with Crippen LogP contribution >= 0.6 is 23.8 Å². The molecule has 0 aliphatic heterocycles. The molecule has 0 saturated heterocycles. The Morgan fingerprint density at radius 3 is 2.65 bits per heavy atom. The number of rotatable bonds is 7. The third-order valence-corrected chi connectivity index (χ3v) is 4.11. The second-order valence-electron chi connectivity index (χ2n) is 5.62. The molecule has 0 bridgehead atoms. The summed E-state index contributed by atoms with van der Waals surface area (Å²) in [4.78, 5) is 22.7. The van der Waals surface area contributed by atoms with Gasteiger partial charge >= 0.3 is 5.97 Å². The van der Waals surface area contributed by atoms with Crippen LogP contribution in [0.3, 0.4) is 0 Å². The Hall–Kier alpha value is -2.38. The van der Waals surface area contributed by atoms with Crippen molar-refractivity contribution in [2.45, 2.75) is 32.6 Å². The Kier molecular flexibility index (Phi) is 7.17. The summed E-state index contributed by atoms with van der Waals surface area (Å²) in [5, 5.41) is 15.0. The van der Waals surface area contributed by atoms with Gasteiger partial charge in [0, 0.05) is 12.0 Å². The molecule has 2 aromatic rings. The molecule has 0 radical (unpaired) electrons. The largest absolute Gasteiger partial charge is 0.475 e. The van der Waals surface area contributed by atoms with Gasteiger partial charge in [0.05, 0.1) is 10.7 Å². The summed E-state index contributed by atoms with van der Waals surface area (Å²) in [6, 6.07) is 7.94. The molecule has 8 heteroatoms. The number of hydrogen-bond acceptors (Lipinski definition) is 4. The number of amides is 1. The third kappa shape index (κ3) is 5.57. The van der Waals surface area contributed by atoms with Gasteiger partial charge in [0.2, 0.25) is 11.7 Å². The molecule has 138 valence electrons. The summed E-state index contributed by atoms with van der Waals surface area (Å²) in [5.74, 6) is -1.06. The van der Waals surface area contributed by atoms with E-state index in [1.54, 1.807) is 24.3 Å². The Labute approximate surface area is 161 Å². The zero-order valence-corrected chi connectivity index (χ0v) is 15.7. The van der Waals surface area contributed by atoms with Gasteiger partial charge in [0.1, 0.15) is 5.76 Å². The fourth-order valence-electron chi connectivity index (χ4n) is 2.26. The Morgan fingerprint density at radius 1 is 1.23 bits per heavy atom. The van der Waals surface area contributed by atoms with Gasteiger partial charge in [-0.2, -0.15) is 0 Å². The maximum Gasteiger partial charge on any atom is 0.371 e. The zero-order chi connectivity index (χ0) is 19.1. The van der Waals surface area contributed by atoms with Gasteiger partial charge in [0.15, 0.2) is 5.11 Å². The lowest BCUT2D eigenvalue weighted by atomic mass is 10.1. The predicted molar refractivity (Wildman–Crippen MR) is 105 cm³/mol. The average molecular weight is 395 g/mol. The molecular formula is C18H19ClN2O4S. The molecular weight excluding hydrogens is 376 g/mol. The normalized spacial score (nSPS) is 10.4. The quantitative estimate of drug-likeness (QED) is 0.466. The van der Waals surface area contributed by atoms with Crippen LogP contribution in [-0.2, 0) is 4.79 Å². The first-order valence-corrected chi connectivity index (χ1v) is 8.93. The topological polar surface area (TPSA) is 91.6 Å². The third-order valence-electron chi connectivity index (χ3n) is 3.58. The predicted octanol–water partition coefficient (Wildman–Crippen LogP) is 4.69. The van der Waals surface area contributed by atoms with E-state index in [-0.39, 0.29) is 16.8 Å². The van der Waals surface area contributed by atoms with E-state index in [0.29, 0.717) is 28.5 Å². The Bertz CT molecular complexity index is 819. The summed E-state index contributed by atoms with van der Waals surface area (Å²) < 4.78 is 5.28. The molecule has 0 aliphatic carbocycles. The molecule has 0 spiro atoms. The van der Waals surface area contributed by atoms with Crippen LogP contribution in [-0.4, -0.2) is 22.1 Å². The number of aromatic carboxylic acids is 1. The monoisotopic (exact) mass is 394 g/mol. The summed E-state index contributed by atoms with van der Waals surface area (Å²) in [5.41, 5.74) is 1.11. The highest BCUT2D eigenvalue weighted by atomic mass is 35.5. The van der Waals surface area contributed by atoms with Gasteiger partial charge < -0.3 is 20.2 Å². The molecule has 1 amide bonds. The molecule has 0 atom stereocenters. The van der Waals surface area contributed by atoms with Crippen LogP contribution in [0.4, 0.5) is 5.69 Å². The molecule has 26 heavy (non-hydrogen) atoms. The highest BCUT2D eigenvalue weighted by molar-refractivity contribution is 7.80. The molecule has 1 aromatic carbocycles. The molecule has 0 saturated carbocycles. The van der Waals surface area contributed by atoms with Gasteiger partial charge in [-0.15, -0.1) is 0 Å². The van der Waals surface area contributed by atoms with Gasteiger partial charge in [-0.1, -0.05) is 31.4 Å². The second kappa shape index (κ2) is 9.35. The van der Waals surface area contributed by atoms with Crippen molar-refractivity contribution in [3.05, 3.63) is 41.1 Å². The van der Waals surface area contributed by atoms with Crippen molar-refractivity contribution in [3.8, 4) is 11.3 Å². The van der Waals surface area contributed by atoms with Crippen molar-refractivity contribution < 1.29 is 19.1 Å². The van der Waals surface area contributed by atoms with E-state index >= 15 is 0 Å². The fourth-order valence-corrected chi connectivity index (χ4v) is 2.65. The van der Waals surface area contributed by atoms with E-state index in [2.05, 4.69) is 17.6 Å². The Balaban J connectivity index is 2.05. The number of anilines is 1. The maximum atomic E-state index is 11.8. The van der Waals surface area contributed by atoms with Crippen LogP contribution in [0.1, 0.15) is 43.2 Å². The number of nitrogens with one attached hydrogen (secondary N) is 2. The van der Waals surface area contributed by atoms with Gasteiger partial charge in [-0.3, -0.25) is 4.79 Å². The smallest absolute Gasteiger partial charge is 0.371 e. The van der Waals surface area contributed by atoms with E-state index in [1.807, 2.05) is 0 Å². The van der Waals surface area contributed by atoms with E-state index in [9.17, 15) is 9.59 Å². The molecule has 3 N–H and O–H groups in total. The SMILES string of the molecule is CCCCCC(=O)NC(=S)Nc1cc(-c2ccc(C(=O)O)o2)ccc1Cl. The molecule has 1 heterocycles. The number of benzene rings is 1. The highest BCUT2D eigenvalue weighted by Gasteiger charge is 2.13. The van der Waals surface area contributed by atoms with Crippen molar-refractivity contribution in [1.82, 2.24) is 5.32 Å².